The molecule has 0 bridgehead atoms. The number of aliphatic hydroxyl groups excluding tert-OH is 1. The lowest BCUT2D eigenvalue weighted by atomic mass is 10.1. The zero-order valence-corrected chi connectivity index (χ0v) is 9.80. The van der Waals surface area contributed by atoms with Crippen LogP contribution in [0.2, 0.25) is 0 Å². The van der Waals surface area contributed by atoms with Crippen molar-refractivity contribution in [2.45, 2.75) is 57.9 Å². The molecular weight excluding hydrogens is 200 g/mol. The van der Waals surface area contributed by atoms with Gasteiger partial charge in [-0.2, -0.15) is 0 Å². The third-order valence-electron chi connectivity index (χ3n) is 1.87. The van der Waals surface area contributed by atoms with Crippen LogP contribution >= 0.6 is 0 Å². The molecule has 0 aromatic heterocycles. The van der Waals surface area contributed by atoms with E-state index in [1.54, 1.807) is 7.11 Å². The summed E-state index contributed by atoms with van der Waals surface area (Å²) in [5.74, 6) is -1.50. The van der Waals surface area contributed by atoms with Crippen molar-refractivity contribution in [3.63, 3.8) is 0 Å². The Bertz CT molecular complexity index is 160. The minimum Gasteiger partial charge on any atom is -0.390 e. The molecule has 3 atom stereocenters. The highest BCUT2D eigenvalue weighted by Crippen LogP contribution is 2.19. The smallest absolute Gasteiger partial charge is 0.157 e. The standard InChI is InChI=1S/C7H14O3.C3H8O2/c1-5-6(8)3-4-7(9-2)10-5;1-3(2,4)5/h5-8H,3-4H2,1-2H3;4-5H,1-2H3/t5-,6?,7?;/m0./s1. The summed E-state index contributed by atoms with van der Waals surface area (Å²) in [5, 5.41) is 25.4. The van der Waals surface area contributed by atoms with E-state index in [2.05, 4.69) is 0 Å². The van der Waals surface area contributed by atoms with E-state index in [4.69, 9.17) is 19.7 Å². The fourth-order valence-corrected chi connectivity index (χ4v) is 1.11. The first-order valence-corrected chi connectivity index (χ1v) is 5.05. The summed E-state index contributed by atoms with van der Waals surface area (Å²) in [4.78, 5) is 0. The van der Waals surface area contributed by atoms with Gasteiger partial charge in [0.05, 0.1) is 12.2 Å². The van der Waals surface area contributed by atoms with Crippen LogP contribution in [-0.4, -0.2) is 46.7 Å². The van der Waals surface area contributed by atoms with E-state index in [9.17, 15) is 5.11 Å². The topological polar surface area (TPSA) is 79.2 Å². The van der Waals surface area contributed by atoms with Crippen LogP contribution in [0.25, 0.3) is 0 Å². The summed E-state index contributed by atoms with van der Waals surface area (Å²) in [6.07, 6.45) is 1.06. The van der Waals surface area contributed by atoms with E-state index in [0.717, 1.165) is 12.8 Å². The van der Waals surface area contributed by atoms with Gasteiger partial charge in [0.25, 0.3) is 0 Å². The zero-order valence-electron chi connectivity index (χ0n) is 9.80. The summed E-state index contributed by atoms with van der Waals surface area (Å²) < 4.78 is 10.3. The second-order valence-electron chi connectivity index (χ2n) is 4.15. The molecular formula is C10H22O5. The largest absolute Gasteiger partial charge is 0.390 e. The van der Waals surface area contributed by atoms with Gasteiger partial charge >= 0.3 is 0 Å². The number of ether oxygens (including phenoxy) is 2. The molecule has 0 amide bonds. The van der Waals surface area contributed by atoms with Gasteiger partial charge in [-0.05, 0) is 27.2 Å². The molecule has 1 aliphatic rings. The van der Waals surface area contributed by atoms with Crippen LogP contribution in [-0.2, 0) is 9.47 Å². The van der Waals surface area contributed by atoms with Gasteiger partial charge in [-0.25, -0.2) is 0 Å². The van der Waals surface area contributed by atoms with Crippen molar-refractivity contribution in [2.24, 2.45) is 0 Å². The third-order valence-corrected chi connectivity index (χ3v) is 1.87. The van der Waals surface area contributed by atoms with E-state index in [1.807, 2.05) is 6.92 Å². The molecule has 0 radical (unpaired) electrons. The van der Waals surface area contributed by atoms with Crippen molar-refractivity contribution in [3.05, 3.63) is 0 Å². The molecule has 0 saturated carbocycles. The highest BCUT2D eigenvalue weighted by Gasteiger charge is 2.25. The van der Waals surface area contributed by atoms with Crippen molar-refractivity contribution in [3.8, 4) is 0 Å². The number of methoxy groups -OCH3 is 1. The average Bonchev–Trinajstić information content (AvgIpc) is 2.07. The lowest BCUT2D eigenvalue weighted by molar-refractivity contribution is -0.206. The number of aliphatic hydroxyl groups is 3. The molecule has 0 aromatic carbocycles. The van der Waals surface area contributed by atoms with Crippen LogP contribution < -0.4 is 0 Å². The quantitative estimate of drug-likeness (QED) is 0.553. The van der Waals surface area contributed by atoms with Gasteiger partial charge in [-0.3, -0.25) is 0 Å². The van der Waals surface area contributed by atoms with Gasteiger partial charge in [0.1, 0.15) is 0 Å². The van der Waals surface area contributed by atoms with Crippen LogP contribution in [0.4, 0.5) is 0 Å². The second kappa shape index (κ2) is 6.40. The molecule has 1 saturated heterocycles. The van der Waals surface area contributed by atoms with Gasteiger partial charge in [-0.1, -0.05) is 0 Å². The van der Waals surface area contributed by atoms with Crippen LogP contribution in [0.3, 0.4) is 0 Å². The van der Waals surface area contributed by atoms with E-state index in [1.165, 1.54) is 13.8 Å². The Labute approximate surface area is 90.6 Å². The molecule has 0 spiro atoms. The highest BCUT2D eigenvalue weighted by molar-refractivity contribution is 4.70. The molecule has 1 rings (SSSR count). The molecule has 3 N–H and O–H groups in total. The average molecular weight is 222 g/mol. The number of rotatable bonds is 1. The van der Waals surface area contributed by atoms with Gasteiger partial charge in [-0.15, -0.1) is 0 Å². The van der Waals surface area contributed by atoms with E-state index < -0.39 is 5.79 Å². The van der Waals surface area contributed by atoms with Crippen LogP contribution in [0.15, 0.2) is 0 Å². The Kier molecular flexibility index (Phi) is 6.31. The fraction of sp³-hybridized carbons (Fsp3) is 1.00. The van der Waals surface area contributed by atoms with Gasteiger partial charge in [0.2, 0.25) is 0 Å². The Morgan fingerprint density at radius 1 is 1.27 bits per heavy atom. The molecule has 1 fully saturated rings. The Hall–Kier alpha value is -0.200. The maximum atomic E-state index is 9.21. The second-order valence-corrected chi connectivity index (χ2v) is 4.15. The molecule has 1 heterocycles. The van der Waals surface area contributed by atoms with Crippen LogP contribution in [0.1, 0.15) is 33.6 Å². The number of hydrogen-bond donors (Lipinski definition) is 3. The molecule has 15 heavy (non-hydrogen) atoms. The molecule has 2 unspecified atom stereocenters. The minimum atomic E-state index is -1.50. The molecule has 5 nitrogen and oxygen atoms in total. The first-order valence-electron chi connectivity index (χ1n) is 5.05. The molecule has 1 aliphatic heterocycles. The number of hydrogen-bond acceptors (Lipinski definition) is 5. The Balaban J connectivity index is 0.000000336. The summed E-state index contributed by atoms with van der Waals surface area (Å²) in [6, 6.07) is 0. The molecule has 0 aromatic rings. The first kappa shape index (κ1) is 14.8. The predicted octanol–water partition coefficient (Wildman–Crippen LogP) is 0.226. The zero-order chi connectivity index (χ0) is 12.1. The maximum absolute atomic E-state index is 9.21. The normalized spacial score (nSPS) is 31.8. The SMILES string of the molecule is CC(C)(O)O.COC1CCC(O)[C@H](C)O1. The molecule has 5 heteroatoms. The van der Waals surface area contributed by atoms with E-state index in [0.29, 0.717) is 0 Å². The van der Waals surface area contributed by atoms with Crippen molar-refractivity contribution in [1.29, 1.82) is 0 Å². The lowest BCUT2D eigenvalue weighted by Gasteiger charge is -2.30. The summed E-state index contributed by atoms with van der Waals surface area (Å²) in [7, 11) is 1.62. The monoisotopic (exact) mass is 222 g/mol. The van der Waals surface area contributed by atoms with Crippen molar-refractivity contribution in [2.75, 3.05) is 7.11 Å². The van der Waals surface area contributed by atoms with E-state index in [-0.39, 0.29) is 18.5 Å². The summed E-state index contributed by atoms with van der Waals surface area (Å²) >= 11 is 0. The molecule has 92 valence electrons. The summed E-state index contributed by atoms with van der Waals surface area (Å²) in [5.41, 5.74) is 0. The first-order chi connectivity index (χ1) is 6.74. The van der Waals surface area contributed by atoms with Crippen molar-refractivity contribution < 1.29 is 24.8 Å². The van der Waals surface area contributed by atoms with Crippen molar-refractivity contribution in [1.82, 2.24) is 0 Å². The highest BCUT2D eigenvalue weighted by atomic mass is 16.7. The van der Waals surface area contributed by atoms with Gasteiger partial charge < -0.3 is 24.8 Å². The Morgan fingerprint density at radius 3 is 2.07 bits per heavy atom. The van der Waals surface area contributed by atoms with E-state index >= 15 is 0 Å². The fourth-order valence-electron chi connectivity index (χ4n) is 1.11. The Morgan fingerprint density at radius 2 is 1.73 bits per heavy atom. The van der Waals surface area contributed by atoms with Crippen molar-refractivity contribution >= 4 is 0 Å². The lowest BCUT2D eigenvalue weighted by Crippen LogP contribution is -2.37. The minimum absolute atomic E-state index is 0.0845. The molecule has 0 aliphatic carbocycles. The van der Waals surface area contributed by atoms with Gasteiger partial charge in [0.15, 0.2) is 12.1 Å². The van der Waals surface area contributed by atoms with Crippen LogP contribution in [0, 0.1) is 0 Å². The summed E-state index contributed by atoms with van der Waals surface area (Å²) in [6.45, 7) is 4.45. The third kappa shape index (κ3) is 8.77. The van der Waals surface area contributed by atoms with Crippen LogP contribution in [0.5, 0.6) is 0 Å². The predicted molar refractivity (Wildman–Crippen MR) is 55.1 cm³/mol. The maximum Gasteiger partial charge on any atom is 0.157 e. The van der Waals surface area contributed by atoms with Gasteiger partial charge in [0, 0.05) is 13.5 Å².